The zero-order valence-electron chi connectivity index (χ0n) is 12.2. The lowest BCUT2D eigenvalue weighted by molar-refractivity contribution is 0.570. The van der Waals surface area contributed by atoms with E-state index in [4.69, 9.17) is 0 Å². The Bertz CT molecular complexity index is 553. The molecule has 0 amide bonds. The molecule has 0 saturated heterocycles. The van der Waals surface area contributed by atoms with Crippen LogP contribution in [0.15, 0.2) is 29.2 Å². The number of benzene rings is 1. The van der Waals surface area contributed by atoms with Crippen molar-refractivity contribution in [2.45, 2.75) is 37.8 Å². The molecule has 20 heavy (non-hydrogen) atoms. The molecule has 0 aromatic heterocycles. The topological polar surface area (TPSA) is 75.3 Å². The molecule has 0 aliphatic rings. The van der Waals surface area contributed by atoms with Crippen LogP contribution in [0, 0.1) is 0 Å². The molecule has 7 heteroatoms. The summed E-state index contributed by atoms with van der Waals surface area (Å²) in [5, 5.41) is 3.18. The summed E-state index contributed by atoms with van der Waals surface area (Å²) in [7, 11) is -4.31. The largest absolute Gasteiger partial charge is 0.382 e. The molecule has 2 N–H and O–H groups in total. The highest BCUT2D eigenvalue weighted by Crippen LogP contribution is 2.15. The summed E-state index contributed by atoms with van der Waals surface area (Å²) in [5.74, 6) is 0.551. The lowest BCUT2D eigenvalue weighted by atomic mass is 10.3. The lowest BCUT2D eigenvalue weighted by Crippen LogP contribution is -2.30. The molecule has 0 spiro atoms. The van der Waals surface area contributed by atoms with Crippen LogP contribution in [0.1, 0.15) is 20.8 Å². The SMILES string of the molecule is CC(C)NS(=O)(=O)c1ccc(NC(C)CS(C)=O)cc1. The quantitative estimate of drug-likeness (QED) is 0.800. The summed E-state index contributed by atoms with van der Waals surface area (Å²) >= 11 is 0. The minimum absolute atomic E-state index is 0.0667. The third-order valence-electron chi connectivity index (χ3n) is 2.45. The van der Waals surface area contributed by atoms with Gasteiger partial charge in [-0.15, -0.1) is 0 Å². The van der Waals surface area contributed by atoms with Crippen molar-refractivity contribution in [1.82, 2.24) is 4.72 Å². The first-order valence-electron chi connectivity index (χ1n) is 6.39. The predicted molar refractivity (Wildman–Crippen MR) is 83.9 cm³/mol. The lowest BCUT2D eigenvalue weighted by Gasteiger charge is -2.14. The van der Waals surface area contributed by atoms with Crippen LogP contribution < -0.4 is 10.0 Å². The number of hydrogen-bond acceptors (Lipinski definition) is 4. The summed E-state index contributed by atoms with van der Waals surface area (Å²) in [4.78, 5) is 0.239. The molecule has 0 fully saturated rings. The molecule has 114 valence electrons. The van der Waals surface area contributed by atoms with Crippen molar-refractivity contribution < 1.29 is 12.6 Å². The highest BCUT2D eigenvalue weighted by atomic mass is 32.2. The van der Waals surface area contributed by atoms with Gasteiger partial charge in [0.25, 0.3) is 0 Å². The predicted octanol–water partition coefficient (Wildman–Crippen LogP) is 1.55. The summed E-state index contributed by atoms with van der Waals surface area (Å²) in [6.45, 7) is 5.49. The van der Waals surface area contributed by atoms with Crippen molar-refractivity contribution in [2.24, 2.45) is 0 Å². The van der Waals surface area contributed by atoms with Crippen molar-refractivity contribution in [3.8, 4) is 0 Å². The van der Waals surface area contributed by atoms with Gasteiger partial charge in [-0.3, -0.25) is 4.21 Å². The van der Waals surface area contributed by atoms with Gasteiger partial charge in [0.05, 0.1) is 4.90 Å². The summed E-state index contributed by atoms with van der Waals surface area (Å²) < 4.78 is 37.5. The van der Waals surface area contributed by atoms with Gasteiger partial charge in [-0.1, -0.05) is 0 Å². The number of nitrogens with one attached hydrogen (secondary N) is 2. The van der Waals surface area contributed by atoms with Gasteiger partial charge in [-0.2, -0.15) is 0 Å². The molecular weight excluding hydrogens is 296 g/mol. The molecule has 0 aliphatic heterocycles. The molecule has 2 unspecified atom stereocenters. The van der Waals surface area contributed by atoms with E-state index in [0.717, 1.165) is 5.69 Å². The second-order valence-electron chi connectivity index (χ2n) is 5.09. The van der Waals surface area contributed by atoms with Gasteiger partial charge in [0.1, 0.15) is 0 Å². The van der Waals surface area contributed by atoms with E-state index in [9.17, 15) is 12.6 Å². The van der Waals surface area contributed by atoms with E-state index < -0.39 is 20.8 Å². The average Bonchev–Trinajstić information content (AvgIpc) is 2.26. The maximum absolute atomic E-state index is 11.9. The van der Waals surface area contributed by atoms with E-state index in [2.05, 4.69) is 10.0 Å². The van der Waals surface area contributed by atoms with Gasteiger partial charge in [0, 0.05) is 40.6 Å². The smallest absolute Gasteiger partial charge is 0.240 e. The van der Waals surface area contributed by atoms with Crippen LogP contribution in [-0.4, -0.2) is 36.7 Å². The fraction of sp³-hybridized carbons (Fsp3) is 0.538. The third kappa shape index (κ3) is 5.60. The highest BCUT2D eigenvalue weighted by molar-refractivity contribution is 7.89. The number of sulfonamides is 1. The third-order valence-corrected chi connectivity index (χ3v) is 5.10. The van der Waals surface area contributed by atoms with E-state index >= 15 is 0 Å². The van der Waals surface area contributed by atoms with Gasteiger partial charge < -0.3 is 5.32 Å². The molecule has 2 atom stereocenters. The molecule has 5 nitrogen and oxygen atoms in total. The van der Waals surface area contributed by atoms with Crippen LogP contribution in [-0.2, 0) is 20.8 Å². The molecule has 0 heterocycles. The minimum atomic E-state index is -3.45. The Morgan fingerprint density at radius 3 is 2.15 bits per heavy atom. The van der Waals surface area contributed by atoms with Gasteiger partial charge in [0.15, 0.2) is 0 Å². The first kappa shape index (κ1) is 17.1. The summed E-state index contributed by atoms with van der Waals surface area (Å²) in [5.41, 5.74) is 0.812. The second-order valence-corrected chi connectivity index (χ2v) is 8.28. The Balaban J connectivity index is 2.76. The molecular formula is C13H22N2O3S2. The van der Waals surface area contributed by atoms with E-state index in [1.165, 1.54) is 0 Å². The monoisotopic (exact) mass is 318 g/mol. The van der Waals surface area contributed by atoms with Crippen LogP contribution >= 0.6 is 0 Å². The number of rotatable bonds is 7. The Hall–Kier alpha value is -0.920. The molecule has 0 aliphatic carbocycles. The van der Waals surface area contributed by atoms with Crippen LogP contribution in [0.25, 0.3) is 0 Å². The van der Waals surface area contributed by atoms with Crippen LogP contribution in [0.4, 0.5) is 5.69 Å². The number of hydrogen-bond donors (Lipinski definition) is 2. The Kier molecular flexibility index (Phi) is 6.16. The molecule has 0 saturated carbocycles. The van der Waals surface area contributed by atoms with Gasteiger partial charge in [-0.05, 0) is 45.0 Å². The zero-order chi connectivity index (χ0) is 15.3. The second kappa shape index (κ2) is 7.19. The first-order chi connectivity index (χ1) is 9.20. The maximum atomic E-state index is 11.9. The average molecular weight is 318 g/mol. The van der Waals surface area contributed by atoms with Gasteiger partial charge in [-0.25, -0.2) is 13.1 Å². The van der Waals surface area contributed by atoms with E-state index in [0.29, 0.717) is 5.75 Å². The standard InChI is InChI=1S/C13H22N2O3S2/c1-10(2)15-20(17,18)13-7-5-12(6-8-13)14-11(3)9-19(4)16/h5-8,10-11,14-15H,9H2,1-4H3. The van der Waals surface area contributed by atoms with Gasteiger partial charge in [0.2, 0.25) is 10.0 Å². The van der Waals surface area contributed by atoms with Crippen molar-refractivity contribution in [1.29, 1.82) is 0 Å². The van der Waals surface area contributed by atoms with Crippen LogP contribution in [0.5, 0.6) is 0 Å². The van der Waals surface area contributed by atoms with Gasteiger partial charge >= 0.3 is 0 Å². The molecule has 0 bridgehead atoms. The maximum Gasteiger partial charge on any atom is 0.240 e. The fourth-order valence-corrected chi connectivity index (χ4v) is 3.83. The molecule has 1 aromatic carbocycles. The normalized spacial score (nSPS) is 15.1. The molecule has 1 rings (SSSR count). The van der Waals surface area contributed by atoms with E-state index in [1.54, 1.807) is 44.4 Å². The first-order valence-corrected chi connectivity index (χ1v) is 9.60. The number of anilines is 1. The summed E-state index contributed by atoms with van der Waals surface area (Å²) in [6, 6.07) is 6.47. The van der Waals surface area contributed by atoms with Crippen molar-refractivity contribution in [3.05, 3.63) is 24.3 Å². The summed E-state index contributed by atoms with van der Waals surface area (Å²) in [6.07, 6.45) is 1.66. The Morgan fingerprint density at radius 1 is 1.15 bits per heavy atom. The van der Waals surface area contributed by atoms with Crippen molar-refractivity contribution in [3.63, 3.8) is 0 Å². The Labute approximate surface area is 123 Å². The van der Waals surface area contributed by atoms with Crippen molar-refractivity contribution >= 4 is 26.5 Å². The zero-order valence-corrected chi connectivity index (χ0v) is 13.8. The molecule has 1 aromatic rings. The van der Waals surface area contributed by atoms with E-state index in [-0.39, 0.29) is 17.0 Å². The Morgan fingerprint density at radius 2 is 1.70 bits per heavy atom. The van der Waals surface area contributed by atoms with Crippen LogP contribution in [0.3, 0.4) is 0 Å². The highest BCUT2D eigenvalue weighted by Gasteiger charge is 2.15. The fourth-order valence-electron chi connectivity index (χ4n) is 1.79. The van der Waals surface area contributed by atoms with E-state index in [1.807, 2.05) is 6.92 Å². The van der Waals surface area contributed by atoms with Crippen LogP contribution in [0.2, 0.25) is 0 Å². The molecule has 0 radical (unpaired) electrons. The minimum Gasteiger partial charge on any atom is -0.382 e. The van der Waals surface area contributed by atoms with Crippen molar-refractivity contribution in [2.75, 3.05) is 17.3 Å².